The molecule has 1 fully saturated rings. The van der Waals surface area contributed by atoms with Crippen LogP contribution in [-0.2, 0) is 11.2 Å². The molecule has 27 heavy (non-hydrogen) atoms. The highest BCUT2D eigenvalue weighted by atomic mass is 16.5. The zero-order valence-corrected chi connectivity index (χ0v) is 15.5. The smallest absolute Gasteiger partial charge is 0.252 e. The van der Waals surface area contributed by atoms with Crippen LogP contribution >= 0.6 is 0 Å². The topological polar surface area (TPSA) is 104 Å². The predicted octanol–water partition coefficient (Wildman–Crippen LogP) is 1.95. The summed E-state index contributed by atoms with van der Waals surface area (Å²) >= 11 is 0. The van der Waals surface area contributed by atoms with Gasteiger partial charge in [-0.15, -0.1) is 0 Å². The Kier molecular flexibility index (Phi) is 4.37. The van der Waals surface area contributed by atoms with Gasteiger partial charge in [0.1, 0.15) is 18.5 Å². The maximum absolute atomic E-state index is 11.9. The van der Waals surface area contributed by atoms with Crippen molar-refractivity contribution in [1.29, 1.82) is 0 Å². The number of amides is 2. The molecule has 1 saturated heterocycles. The van der Waals surface area contributed by atoms with Gasteiger partial charge < -0.3 is 20.5 Å². The van der Waals surface area contributed by atoms with Gasteiger partial charge in [-0.25, -0.2) is 4.98 Å². The molecule has 0 saturated carbocycles. The average molecular weight is 369 g/mol. The Labute approximate surface area is 157 Å². The third kappa shape index (κ3) is 3.07. The lowest BCUT2D eigenvalue weighted by Crippen LogP contribution is -2.34. The van der Waals surface area contributed by atoms with E-state index in [-0.39, 0.29) is 24.0 Å². The maximum atomic E-state index is 11.9. The molecular formula is C20H23N3O4. The van der Waals surface area contributed by atoms with Crippen LogP contribution in [-0.4, -0.2) is 35.6 Å². The highest BCUT2D eigenvalue weighted by molar-refractivity contribution is 6.04. The second-order valence-electron chi connectivity index (χ2n) is 7.30. The number of benzene rings is 1. The fourth-order valence-electron chi connectivity index (χ4n) is 4.07. The molecule has 0 spiro atoms. The first-order chi connectivity index (χ1) is 13.0. The van der Waals surface area contributed by atoms with E-state index in [0.717, 1.165) is 22.8 Å². The first-order valence-corrected chi connectivity index (χ1v) is 9.31. The van der Waals surface area contributed by atoms with Gasteiger partial charge in [0.05, 0.1) is 17.0 Å². The van der Waals surface area contributed by atoms with Crippen LogP contribution in [0.25, 0.3) is 10.8 Å². The Balaban J connectivity index is 1.71. The summed E-state index contributed by atoms with van der Waals surface area (Å²) in [6.07, 6.45) is 3.72. The SMILES string of the molecule is CCC1CC(=O)NC1COc1nccc2cc(C(N)=O)c3c(c12)CC(C)O3. The molecule has 0 radical (unpaired) electrons. The van der Waals surface area contributed by atoms with E-state index in [1.54, 1.807) is 12.3 Å². The molecule has 2 aliphatic heterocycles. The quantitative estimate of drug-likeness (QED) is 0.838. The number of primary amides is 1. The first-order valence-electron chi connectivity index (χ1n) is 9.31. The van der Waals surface area contributed by atoms with E-state index < -0.39 is 5.91 Å². The monoisotopic (exact) mass is 369 g/mol. The van der Waals surface area contributed by atoms with E-state index in [1.165, 1.54) is 0 Å². The minimum absolute atomic E-state index is 0.0207. The Morgan fingerprint density at radius 2 is 2.26 bits per heavy atom. The number of ether oxygens (including phenoxy) is 2. The summed E-state index contributed by atoms with van der Waals surface area (Å²) in [5.74, 6) is 0.842. The van der Waals surface area contributed by atoms with Crippen LogP contribution in [0.5, 0.6) is 11.6 Å². The van der Waals surface area contributed by atoms with Gasteiger partial charge in [-0.05, 0) is 30.4 Å². The van der Waals surface area contributed by atoms with E-state index in [0.29, 0.717) is 36.6 Å². The lowest BCUT2D eigenvalue weighted by Gasteiger charge is -2.19. The van der Waals surface area contributed by atoms with Crippen molar-refractivity contribution in [2.24, 2.45) is 11.7 Å². The molecule has 2 amide bonds. The lowest BCUT2D eigenvalue weighted by atomic mass is 9.98. The molecule has 2 aromatic rings. The van der Waals surface area contributed by atoms with Gasteiger partial charge in [0.25, 0.3) is 5.91 Å². The number of nitrogens with two attached hydrogens (primary N) is 1. The number of carbonyl (C=O) groups excluding carboxylic acids is 2. The molecule has 0 aliphatic carbocycles. The van der Waals surface area contributed by atoms with Crippen molar-refractivity contribution < 1.29 is 19.1 Å². The number of aromatic nitrogens is 1. The molecule has 2 aliphatic rings. The number of fused-ring (bicyclic) bond motifs is 3. The molecule has 3 atom stereocenters. The van der Waals surface area contributed by atoms with E-state index in [1.807, 2.05) is 13.0 Å². The van der Waals surface area contributed by atoms with Gasteiger partial charge in [0, 0.05) is 24.6 Å². The lowest BCUT2D eigenvalue weighted by molar-refractivity contribution is -0.119. The van der Waals surface area contributed by atoms with E-state index in [9.17, 15) is 9.59 Å². The van der Waals surface area contributed by atoms with Crippen molar-refractivity contribution in [3.05, 3.63) is 29.5 Å². The zero-order valence-electron chi connectivity index (χ0n) is 15.5. The zero-order chi connectivity index (χ0) is 19.1. The van der Waals surface area contributed by atoms with Gasteiger partial charge in [0.15, 0.2) is 0 Å². The molecule has 3 unspecified atom stereocenters. The number of hydrogen-bond acceptors (Lipinski definition) is 5. The van der Waals surface area contributed by atoms with Gasteiger partial charge >= 0.3 is 0 Å². The number of rotatable bonds is 5. The molecule has 142 valence electrons. The van der Waals surface area contributed by atoms with Gasteiger partial charge in [-0.2, -0.15) is 0 Å². The van der Waals surface area contributed by atoms with Crippen molar-refractivity contribution in [2.75, 3.05) is 6.61 Å². The fourth-order valence-corrected chi connectivity index (χ4v) is 4.07. The molecule has 7 heteroatoms. The average Bonchev–Trinajstić information content (AvgIpc) is 3.20. The van der Waals surface area contributed by atoms with Crippen LogP contribution in [0.1, 0.15) is 42.6 Å². The highest BCUT2D eigenvalue weighted by Crippen LogP contribution is 2.41. The number of nitrogens with one attached hydrogen (secondary N) is 1. The molecule has 0 bridgehead atoms. The van der Waals surface area contributed by atoms with Crippen molar-refractivity contribution in [2.45, 2.75) is 45.3 Å². The van der Waals surface area contributed by atoms with E-state index >= 15 is 0 Å². The molecular weight excluding hydrogens is 346 g/mol. The summed E-state index contributed by atoms with van der Waals surface area (Å²) in [6.45, 7) is 4.39. The highest BCUT2D eigenvalue weighted by Gasteiger charge is 2.32. The Bertz CT molecular complexity index is 927. The molecule has 1 aromatic carbocycles. The Morgan fingerprint density at radius 3 is 3.00 bits per heavy atom. The summed E-state index contributed by atoms with van der Waals surface area (Å²) in [7, 11) is 0. The van der Waals surface area contributed by atoms with Crippen LogP contribution in [0.4, 0.5) is 0 Å². The molecule has 3 N–H and O–H groups in total. The van der Waals surface area contributed by atoms with Crippen LogP contribution in [0.15, 0.2) is 18.3 Å². The van der Waals surface area contributed by atoms with Crippen LogP contribution in [0.3, 0.4) is 0 Å². The number of pyridine rings is 1. The maximum Gasteiger partial charge on any atom is 0.252 e. The Morgan fingerprint density at radius 1 is 1.44 bits per heavy atom. The van der Waals surface area contributed by atoms with Crippen molar-refractivity contribution in [1.82, 2.24) is 10.3 Å². The molecule has 3 heterocycles. The van der Waals surface area contributed by atoms with Gasteiger partial charge in [0.2, 0.25) is 11.8 Å². The van der Waals surface area contributed by atoms with Crippen LogP contribution < -0.4 is 20.5 Å². The second-order valence-corrected chi connectivity index (χ2v) is 7.30. The summed E-state index contributed by atoms with van der Waals surface area (Å²) in [5.41, 5.74) is 6.83. The molecule has 7 nitrogen and oxygen atoms in total. The van der Waals surface area contributed by atoms with Crippen LogP contribution in [0.2, 0.25) is 0 Å². The minimum atomic E-state index is -0.513. The first kappa shape index (κ1) is 17.6. The predicted molar refractivity (Wildman–Crippen MR) is 99.9 cm³/mol. The second kappa shape index (κ2) is 6.72. The van der Waals surface area contributed by atoms with Crippen molar-refractivity contribution in [3.63, 3.8) is 0 Å². The number of nitrogens with zero attached hydrogens (tertiary/aromatic N) is 1. The van der Waals surface area contributed by atoms with E-state index in [2.05, 4.69) is 17.2 Å². The molecule has 4 rings (SSSR count). The summed E-state index contributed by atoms with van der Waals surface area (Å²) in [6, 6.07) is 3.55. The van der Waals surface area contributed by atoms with E-state index in [4.69, 9.17) is 15.2 Å². The summed E-state index contributed by atoms with van der Waals surface area (Å²) in [5, 5.41) is 4.67. The molecule has 1 aromatic heterocycles. The van der Waals surface area contributed by atoms with Gasteiger partial charge in [-0.3, -0.25) is 9.59 Å². The largest absolute Gasteiger partial charge is 0.489 e. The van der Waals surface area contributed by atoms with Gasteiger partial charge in [-0.1, -0.05) is 13.3 Å². The van der Waals surface area contributed by atoms with Crippen LogP contribution in [0, 0.1) is 5.92 Å². The van der Waals surface area contributed by atoms with Crippen molar-refractivity contribution in [3.8, 4) is 11.6 Å². The summed E-state index contributed by atoms with van der Waals surface area (Å²) < 4.78 is 11.9. The third-order valence-corrected chi connectivity index (χ3v) is 5.43. The fraction of sp³-hybridized carbons (Fsp3) is 0.450. The number of carbonyl (C=O) groups is 2. The number of hydrogen-bond donors (Lipinski definition) is 2. The Hall–Kier alpha value is -2.83. The normalized spacial score (nSPS) is 23.8. The summed E-state index contributed by atoms with van der Waals surface area (Å²) in [4.78, 5) is 28.0. The third-order valence-electron chi connectivity index (χ3n) is 5.43. The van der Waals surface area contributed by atoms with Crippen molar-refractivity contribution >= 4 is 22.6 Å². The minimum Gasteiger partial charge on any atom is -0.489 e. The standard InChI is InChI=1S/C20H23N3O4/c1-3-11-8-16(24)23-15(11)9-26-20-17-12(4-5-22-20)7-14(19(21)25)18-13(17)6-10(2)27-18/h4-5,7,10-11,15H,3,6,8-9H2,1-2H3,(H2,21,25)(H,23,24).